The van der Waals surface area contributed by atoms with Crippen molar-refractivity contribution in [1.29, 1.82) is 0 Å². The molecule has 0 amide bonds. The molecule has 0 bridgehead atoms. The van der Waals surface area contributed by atoms with Crippen LogP contribution in [0.4, 0.5) is 5.69 Å². The first-order valence-electron chi connectivity index (χ1n) is 5.17. The van der Waals surface area contributed by atoms with E-state index in [1.54, 1.807) is 0 Å². The molecule has 0 fully saturated rings. The Morgan fingerprint density at radius 2 is 2.20 bits per heavy atom. The summed E-state index contributed by atoms with van der Waals surface area (Å²) in [5.41, 5.74) is 7.88. The van der Waals surface area contributed by atoms with Crippen LogP contribution < -0.4 is 5.73 Å². The van der Waals surface area contributed by atoms with E-state index in [-0.39, 0.29) is 0 Å². The monoisotopic (exact) mass is 266 g/mol. The molecular weight excluding hydrogens is 252 g/mol. The van der Waals surface area contributed by atoms with Crippen LogP contribution in [0.15, 0.2) is 34.8 Å². The van der Waals surface area contributed by atoms with E-state index in [1.807, 2.05) is 18.2 Å². The van der Waals surface area contributed by atoms with Gasteiger partial charge in [-0.3, -0.25) is 4.90 Å². The van der Waals surface area contributed by atoms with Gasteiger partial charge in [0.2, 0.25) is 0 Å². The second-order valence-electron chi connectivity index (χ2n) is 3.85. The van der Waals surface area contributed by atoms with Gasteiger partial charge in [0.1, 0.15) is 0 Å². The van der Waals surface area contributed by atoms with Gasteiger partial charge in [-0.05, 0) is 30.2 Å². The maximum Gasteiger partial charge on any atom is 0.0318 e. The number of anilines is 1. The minimum atomic E-state index is 0.834. The van der Waals surface area contributed by atoms with Crippen molar-refractivity contribution in [2.45, 2.75) is 13.0 Å². The zero-order valence-electron chi connectivity index (χ0n) is 8.62. The van der Waals surface area contributed by atoms with Gasteiger partial charge in [-0.25, -0.2) is 0 Å². The van der Waals surface area contributed by atoms with Gasteiger partial charge in [0.05, 0.1) is 0 Å². The third-order valence-electron chi connectivity index (χ3n) is 2.61. The lowest BCUT2D eigenvalue weighted by molar-refractivity contribution is 0.290. The highest BCUT2D eigenvalue weighted by Crippen LogP contribution is 2.21. The molecule has 3 heteroatoms. The van der Waals surface area contributed by atoms with Crippen LogP contribution in [-0.2, 0) is 6.54 Å². The molecule has 0 spiro atoms. The van der Waals surface area contributed by atoms with E-state index in [0.29, 0.717) is 0 Å². The maximum atomic E-state index is 5.78. The smallest absolute Gasteiger partial charge is 0.0318 e. The molecule has 0 aliphatic carbocycles. The first-order valence-corrected chi connectivity index (χ1v) is 5.96. The summed E-state index contributed by atoms with van der Waals surface area (Å²) in [7, 11) is 0. The minimum Gasteiger partial charge on any atom is -0.399 e. The highest BCUT2D eigenvalue weighted by atomic mass is 79.9. The number of rotatable bonds is 2. The summed E-state index contributed by atoms with van der Waals surface area (Å²) in [5, 5.41) is 0. The van der Waals surface area contributed by atoms with Gasteiger partial charge in [0.25, 0.3) is 0 Å². The Labute approximate surface area is 98.9 Å². The van der Waals surface area contributed by atoms with Crippen molar-refractivity contribution in [2.75, 3.05) is 18.8 Å². The fraction of sp³-hybridized carbons (Fsp3) is 0.333. The third kappa shape index (κ3) is 2.83. The van der Waals surface area contributed by atoms with Crippen molar-refractivity contribution < 1.29 is 0 Å². The Morgan fingerprint density at radius 1 is 1.33 bits per heavy atom. The Kier molecular flexibility index (Phi) is 3.44. The molecule has 0 saturated heterocycles. The Hall–Kier alpha value is -0.800. The second kappa shape index (κ2) is 4.81. The standard InChI is InChI=1S/C12H15BrN2/c13-12-5-4-11(14)8-10(12)9-15-6-2-1-3-7-15/h1-2,4-5,8H,3,6-7,9,14H2. The number of benzene rings is 1. The van der Waals surface area contributed by atoms with E-state index >= 15 is 0 Å². The second-order valence-corrected chi connectivity index (χ2v) is 4.70. The van der Waals surface area contributed by atoms with Gasteiger partial charge in [0.15, 0.2) is 0 Å². The Bertz CT molecular complexity index is 374. The number of hydrogen-bond acceptors (Lipinski definition) is 2. The molecule has 2 N–H and O–H groups in total. The molecule has 80 valence electrons. The van der Waals surface area contributed by atoms with Crippen LogP contribution in [0.1, 0.15) is 12.0 Å². The number of nitrogens with zero attached hydrogens (tertiary/aromatic N) is 1. The topological polar surface area (TPSA) is 29.3 Å². The molecule has 0 saturated carbocycles. The molecule has 1 aliphatic rings. The van der Waals surface area contributed by atoms with Crippen LogP contribution in [-0.4, -0.2) is 18.0 Å². The third-order valence-corrected chi connectivity index (χ3v) is 3.38. The van der Waals surface area contributed by atoms with Crippen molar-refractivity contribution in [3.63, 3.8) is 0 Å². The lowest BCUT2D eigenvalue weighted by atomic mass is 10.1. The molecule has 0 aromatic heterocycles. The summed E-state index contributed by atoms with van der Waals surface area (Å²) in [6.07, 6.45) is 5.62. The van der Waals surface area contributed by atoms with E-state index in [9.17, 15) is 0 Å². The van der Waals surface area contributed by atoms with Crippen LogP contribution in [0.2, 0.25) is 0 Å². The van der Waals surface area contributed by atoms with Crippen LogP contribution in [0.25, 0.3) is 0 Å². The number of hydrogen-bond donors (Lipinski definition) is 1. The lowest BCUT2D eigenvalue weighted by Gasteiger charge is -2.23. The van der Waals surface area contributed by atoms with E-state index in [4.69, 9.17) is 5.73 Å². The molecule has 0 unspecified atom stereocenters. The van der Waals surface area contributed by atoms with Gasteiger partial charge in [-0.15, -0.1) is 0 Å². The molecule has 2 nitrogen and oxygen atoms in total. The first-order chi connectivity index (χ1) is 7.25. The Morgan fingerprint density at radius 3 is 2.93 bits per heavy atom. The van der Waals surface area contributed by atoms with E-state index in [2.05, 4.69) is 33.0 Å². The summed E-state index contributed by atoms with van der Waals surface area (Å²) in [6, 6.07) is 5.98. The number of halogens is 1. The summed E-state index contributed by atoms with van der Waals surface area (Å²) in [6.45, 7) is 3.15. The summed E-state index contributed by atoms with van der Waals surface area (Å²) in [5.74, 6) is 0. The Balaban J connectivity index is 2.09. The largest absolute Gasteiger partial charge is 0.399 e. The highest BCUT2D eigenvalue weighted by Gasteiger charge is 2.09. The van der Waals surface area contributed by atoms with Gasteiger partial charge in [-0.2, -0.15) is 0 Å². The molecule has 15 heavy (non-hydrogen) atoms. The van der Waals surface area contributed by atoms with Crippen LogP contribution in [0, 0.1) is 0 Å². The summed E-state index contributed by atoms with van der Waals surface area (Å²) < 4.78 is 1.14. The van der Waals surface area contributed by atoms with Crippen molar-refractivity contribution in [3.8, 4) is 0 Å². The van der Waals surface area contributed by atoms with Crippen molar-refractivity contribution in [1.82, 2.24) is 4.90 Å². The lowest BCUT2D eigenvalue weighted by Crippen LogP contribution is -2.26. The van der Waals surface area contributed by atoms with E-state index < -0.39 is 0 Å². The molecule has 1 aliphatic heterocycles. The molecule has 2 rings (SSSR count). The maximum absolute atomic E-state index is 5.78. The number of nitrogen functional groups attached to an aromatic ring is 1. The molecule has 1 heterocycles. The van der Waals surface area contributed by atoms with E-state index in [1.165, 1.54) is 5.56 Å². The van der Waals surface area contributed by atoms with Crippen molar-refractivity contribution >= 4 is 21.6 Å². The fourth-order valence-corrected chi connectivity index (χ4v) is 2.16. The fourth-order valence-electron chi connectivity index (χ4n) is 1.79. The van der Waals surface area contributed by atoms with Gasteiger partial charge >= 0.3 is 0 Å². The van der Waals surface area contributed by atoms with Crippen molar-refractivity contribution in [2.24, 2.45) is 0 Å². The molecule has 0 radical (unpaired) electrons. The van der Waals surface area contributed by atoms with Gasteiger partial charge in [0, 0.05) is 29.8 Å². The summed E-state index contributed by atoms with van der Waals surface area (Å²) >= 11 is 3.56. The first kappa shape index (κ1) is 10.7. The average Bonchev–Trinajstić information content (AvgIpc) is 2.25. The molecular formula is C12H15BrN2. The van der Waals surface area contributed by atoms with E-state index in [0.717, 1.165) is 36.2 Å². The zero-order valence-corrected chi connectivity index (χ0v) is 10.2. The molecule has 1 aromatic rings. The normalized spacial score (nSPS) is 16.9. The average molecular weight is 267 g/mol. The van der Waals surface area contributed by atoms with Gasteiger partial charge in [-0.1, -0.05) is 28.1 Å². The molecule has 1 aromatic carbocycles. The van der Waals surface area contributed by atoms with Crippen LogP contribution in [0.5, 0.6) is 0 Å². The molecule has 0 atom stereocenters. The van der Waals surface area contributed by atoms with Crippen molar-refractivity contribution in [3.05, 3.63) is 40.4 Å². The SMILES string of the molecule is Nc1ccc(Br)c(CN2CC=CCC2)c1. The zero-order chi connectivity index (χ0) is 10.7. The minimum absolute atomic E-state index is 0.834. The van der Waals surface area contributed by atoms with Gasteiger partial charge < -0.3 is 5.73 Å². The predicted octanol–water partition coefficient (Wildman–Crippen LogP) is 2.79. The van der Waals surface area contributed by atoms with Crippen LogP contribution in [0.3, 0.4) is 0 Å². The predicted molar refractivity (Wildman–Crippen MR) is 67.6 cm³/mol. The van der Waals surface area contributed by atoms with Crippen LogP contribution >= 0.6 is 15.9 Å². The quantitative estimate of drug-likeness (QED) is 0.659. The highest BCUT2D eigenvalue weighted by molar-refractivity contribution is 9.10. The summed E-state index contributed by atoms with van der Waals surface area (Å²) in [4.78, 5) is 2.42. The number of nitrogens with two attached hydrogens (primary N) is 1.